The van der Waals surface area contributed by atoms with Crippen LogP contribution in [0.4, 0.5) is 0 Å². The highest BCUT2D eigenvalue weighted by molar-refractivity contribution is 5.78. The maximum Gasteiger partial charge on any atom is 0.306 e. The lowest BCUT2D eigenvalue weighted by molar-refractivity contribution is -0.142. The number of carboxylic acid groups (broad SMARTS) is 1. The normalized spacial score (nSPS) is 25.2. The minimum Gasteiger partial charge on any atom is -0.481 e. The van der Waals surface area contributed by atoms with Crippen LogP contribution in [0.2, 0.25) is 0 Å². The molecule has 0 spiro atoms. The van der Waals surface area contributed by atoms with Gasteiger partial charge >= 0.3 is 5.97 Å². The molecule has 0 aliphatic carbocycles. The predicted octanol–water partition coefficient (Wildman–Crippen LogP) is 0.564. The first-order valence-corrected chi connectivity index (χ1v) is 7.48. The van der Waals surface area contributed by atoms with Gasteiger partial charge in [-0.1, -0.05) is 12.8 Å². The molecule has 2 saturated heterocycles. The second kappa shape index (κ2) is 7.59. The van der Waals surface area contributed by atoms with E-state index in [1.165, 1.54) is 12.8 Å². The number of nitrogens with zero attached hydrogens (tertiary/aromatic N) is 2. The lowest BCUT2D eigenvalue weighted by Crippen LogP contribution is -2.48. The van der Waals surface area contributed by atoms with Crippen LogP contribution in [0, 0.1) is 0 Å². The third-order valence-electron chi connectivity index (χ3n) is 3.94. The first-order valence-electron chi connectivity index (χ1n) is 7.48. The van der Waals surface area contributed by atoms with E-state index >= 15 is 0 Å². The van der Waals surface area contributed by atoms with E-state index in [0.717, 1.165) is 25.9 Å². The minimum atomic E-state index is -0.851. The fourth-order valence-corrected chi connectivity index (χ4v) is 2.85. The number of carbonyl (C=O) groups is 2. The summed E-state index contributed by atoms with van der Waals surface area (Å²) in [6.45, 7) is 3.86. The molecule has 6 nitrogen and oxygen atoms in total. The molecular weight excluding hydrogens is 260 g/mol. The first kappa shape index (κ1) is 15.3. The topological polar surface area (TPSA) is 70.1 Å². The highest BCUT2D eigenvalue weighted by Gasteiger charge is 2.25. The van der Waals surface area contributed by atoms with E-state index < -0.39 is 5.97 Å². The second-order valence-corrected chi connectivity index (χ2v) is 5.62. The third kappa shape index (κ3) is 4.76. The number of hydrogen-bond donors (Lipinski definition) is 1. The molecule has 2 rings (SSSR count). The molecule has 0 radical (unpaired) electrons. The largest absolute Gasteiger partial charge is 0.481 e. The van der Waals surface area contributed by atoms with Gasteiger partial charge in [0.1, 0.15) is 0 Å². The van der Waals surface area contributed by atoms with Gasteiger partial charge in [-0.2, -0.15) is 0 Å². The standard InChI is InChI=1S/C14H24N2O4/c17-13(16-5-3-1-2-4-6-16)11-15-7-8-20-12(10-15)9-14(18)19/h12H,1-11H2,(H,18,19). The number of carboxylic acids is 1. The van der Waals surface area contributed by atoms with Crippen molar-refractivity contribution in [1.29, 1.82) is 0 Å². The Hall–Kier alpha value is -1.14. The Labute approximate surface area is 119 Å². The summed E-state index contributed by atoms with van der Waals surface area (Å²) in [5.74, 6) is -0.682. The average molecular weight is 284 g/mol. The number of carbonyl (C=O) groups excluding carboxylic acids is 1. The Balaban J connectivity index is 1.79. The van der Waals surface area contributed by atoms with Crippen LogP contribution < -0.4 is 0 Å². The van der Waals surface area contributed by atoms with Crippen molar-refractivity contribution in [3.63, 3.8) is 0 Å². The Morgan fingerprint density at radius 2 is 1.80 bits per heavy atom. The predicted molar refractivity (Wildman–Crippen MR) is 73.5 cm³/mol. The molecule has 0 saturated carbocycles. The SMILES string of the molecule is O=C(O)CC1CN(CC(=O)N2CCCCCC2)CCO1. The number of amides is 1. The van der Waals surface area contributed by atoms with E-state index in [4.69, 9.17) is 9.84 Å². The second-order valence-electron chi connectivity index (χ2n) is 5.62. The first-order chi connectivity index (χ1) is 9.65. The summed E-state index contributed by atoms with van der Waals surface area (Å²) < 4.78 is 5.42. The molecule has 0 bridgehead atoms. The molecule has 1 unspecified atom stereocenters. The summed E-state index contributed by atoms with van der Waals surface area (Å²) in [7, 11) is 0. The quantitative estimate of drug-likeness (QED) is 0.817. The smallest absolute Gasteiger partial charge is 0.306 e. The number of hydrogen-bond acceptors (Lipinski definition) is 4. The summed E-state index contributed by atoms with van der Waals surface area (Å²) >= 11 is 0. The van der Waals surface area contributed by atoms with Crippen molar-refractivity contribution < 1.29 is 19.4 Å². The van der Waals surface area contributed by atoms with Crippen LogP contribution in [-0.2, 0) is 14.3 Å². The number of aliphatic carboxylic acids is 1. The van der Waals surface area contributed by atoms with Crippen molar-refractivity contribution >= 4 is 11.9 Å². The lowest BCUT2D eigenvalue weighted by Gasteiger charge is -2.33. The van der Waals surface area contributed by atoms with Gasteiger partial charge in [-0.15, -0.1) is 0 Å². The highest BCUT2D eigenvalue weighted by Crippen LogP contribution is 2.12. The van der Waals surface area contributed by atoms with Gasteiger partial charge in [-0.3, -0.25) is 14.5 Å². The van der Waals surface area contributed by atoms with Crippen LogP contribution in [0.3, 0.4) is 0 Å². The third-order valence-corrected chi connectivity index (χ3v) is 3.94. The van der Waals surface area contributed by atoms with Crippen molar-refractivity contribution in [1.82, 2.24) is 9.80 Å². The average Bonchev–Trinajstić information content (AvgIpc) is 2.67. The van der Waals surface area contributed by atoms with E-state index in [1.54, 1.807) is 0 Å². The highest BCUT2D eigenvalue weighted by atomic mass is 16.5. The molecule has 1 N–H and O–H groups in total. The monoisotopic (exact) mass is 284 g/mol. The molecule has 114 valence electrons. The molecule has 20 heavy (non-hydrogen) atoms. The zero-order chi connectivity index (χ0) is 14.4. The maximum atomic E-state index is 12.3. The van der Waals surface area contributed by atoms with Crippen molar-refractivity contribution in [3.8, 4) is 0 Å². The molecule has 0 aromatic rings. The number of ether oxygens (including phenoxy) is 1. The number of morpholine rings is 1. The Bertz CT molecular complexity index is 340. The molecule has 2 aliphatic heterocycles. The van der Waals surface area contributed by atoms with Crippen molar-refractivity contribution in [2.75, 3.05) is 39.3 Å². The van der Waals surface area contributed by atoms with E-state index in [1.807, 2.05) is 9.80 Å². The summed E-state index contributed by atoms with van der Waals surface area (Å²) in [6, 6.07) is 0. The Kier molecular flexibility index (Phi) is 5.79. The van der Waals surface area contributed by atoms with Gasteiger partial charge in [0.2, 0.25) is 5.91 Å². The molecule has 2 heterocycles. The molecule has 1 amide bonds. The van der Waals surface area contributed by atoms with Crippen LogP contribution in [0.5, 0.6) is 0 Å². The van der Waals surface area contributed by atoms with Crippen LogP contribution in [0.25, 0.3) is 0 Å². The summed E-state index contributed by atoms with van der Waals surface area (Å²) in [6.07, 6.45) is 4.32. The molecule has 2 fully saturated rings. The van der Waals surface area contributed by atoms with Gasteiger partial charge in [-0.25, -0.2) is 0 Å². The molecule has 0 aromatic carbocycles. The van der Waals surface area contributed by atoms with Crippen molar-refractivity contribution in [2.24, 2.45) is 0 Å². The number of rotatable bonds is 4. The van der Waals surface area contributed by atoms with E-state index in [-0.39, 0.29) is 18.4 Å². The van der Waals surface area contributed by atoms with Crippen LogP contribution in [-0.4, -0.2) is 72.2 Å². The molecule has 1 atom stereocenters. The molecule has 2 aliphatic rings. The molecular formula is C14H24N2O4. The Morgan fingerprint density at radius 3 is 2.45 bits per heavy atom. The van der Waals surface area contributed by atoms with E-state index in [9.17, 15) is 9.59 Å². The summed E-state index contributed by atoms with van der Waals surface area (Å²) in [5.41, 5.74) is 0. The van der Waals surface area contributed by atoms with Gasteiger partial charge in [-0.05, 0) is 12.8 Å². The van der Waals surface area contributed by atoms with Crippen LogP contribution in [0.15, 0.2) is 0 Å². The van der Waals surface area contributed by atoms with Gasteiger partial charge in [0.05, 0.1) is 25.7 Å². The van der Waals surface area contributed by atoms with Crippen molar-refractivity contribution in [3.05, 3.63) is 0 Å². The van der Waals surface area contributed by atoms with Crippen LogP contribution in [0.1, 0.15) is 32.1 Å². The van der Waals surface area contributed by atoms with Gasteiger partial charge in [0.25, 0.3) is 0 Å². The maximum absolute atomic E-state index is 12.3. The van der Waals surface area contributed by atoms with Gasteiger partial charge in [0.15, 0.2) is 0 Å². The minimum absolute atomic E-state index is 0.00834. The zero-order valence-corrected chi connectivity index (χ0v) is 11.9. The summed E-state index contributed by atoms with van der Waals surface area (Å²) in [4.78, 5) is 27.0. The summed E-state index contributed by atoms with van der Waals surface area (Å²) in [5, 5.41) is 8.80. The molecule has 6 heteroatoms. The van der Waals surface area contributed by atoms with E-state index in [2.05, 4.69) is 0 Å². The van der Waals surface area contributed by atoms with Gasteiger partial charge < -0.3 is 14.7 Å². The van der Waals surface area contributed by atoms with Crippen LogP contribution >= 0.6 is 0 Å². The fourth-order valence-electron chi connectivity index (χ4n) is 2.85. The van der Waals surface area contributed by atoms with Crippen molar-refractivity contribution in [2.45, 2.75) is 38.2 Å². The molecule has 0 aromatic heterocycles. The van der Waals surface area contributed by atoms with Gasteiger partial charge in [0, 0.05) is 26.2 Å². The Morgan fingerprint density at radius 1 is 1.10 bits per heavy atom. The lowest BCUT2D eigenvalue weighted by atomic mass is 10.2. The zero-order valence-electron chi connectivity index (χ0n) is 11.9. The fraction of sp³-hybridized carbons (Fsp3) is 0.857. The number of likely N-dealkylation sites (tertiary alicyclic amines) is 1. The van der Waals surface area contributed by atoms with E-state index in [0.29, 0.717) is 26.2 Å².